The van der Waals surface area contributed by atoms with Gasteiger partial charge in [0.15, 0.2) is 0 Å². The number of ether oxygens (including phenoxy) is 1. The van der Waals surface area contributed by atoms with Gasteiger partial charge < -0.3 is 9.84 Å². The molecule has 4 heteroatoms. The molecule has 100 valence electrons. The zero-order chi connectivity index (χ0) is 13.4. The highest BCUT2D eigenvalue weighted by molar-refractivity contribution is 6.01. The lowest BCUT2D eigenvalue weighted by Gasteiger charge is -2.21. The Labute approximate surface area is 107 Å². The van der Waals surface area contributed by atoms with E-state index in [1.165, 1.54) is 0 Å². The molecular formula is C14H20O4. The van der Waals surface area contributed by atoms with Gasteiger partial charge in [0.05, 0.1) is 17.8 Å². The first-order valence-electron chi connectivity index (χ1n) is 6.56. The average molecular weight is 252 g/mol. The third-order valence-corrected chi connectivity index (χ3v) is 3.95. The number of aliphatic carboxylic acids is 1. The van der Waals surface area contributed by atoms with Gasteiger partial charge in [-0.15, -0.1) is 0 Å². The van der Waals surface area contributed by atoms with Gasteiger partial charge in [0, 0.05) is 0 Å². The first-order chi connectivity index (χ1) is 8.41. The van der Waals surface area contributed by atoms with E-state index in [1.54, 1.807) is 0 Å². The number of carboxylic acids is 1. The van der Waals surface area contributed by atoms with Crippen LogP contribution < -0.4 is 0 Å². The molecule has 2 aliphatic carbocycles. The maximum atomic E-state index is 12.0. The lowest BCUT2D eigenvalue weighted by molar-refractivity contribution is -0.142. The van der Waals surface area contributed by atoms with Gasteiger partial charge >= 0.3 is 11.9 Å². The average Bonchev–Trinajstić information content (AvgIpc) is 2.81. The molecule has 2 aliphatic rings. The summed E-state index contributed by atoms with van der Waals surface area (Å²) in [5, 5.41) is 9.28. The molecule has 1 fully saturated rings. The standard InChI is InChI=1S/C14H20O4/c1-7(2)6-18-14(17)11-9-4-8(3)10(5-9)12(11)13(15)16/h7-10H,4-6H2,1-3H3,(H,15,16). The molecule has 18 heavy (non-hydrogen) atoms. The molecule has 0 saturated heterocycles. The first-order valence-corrected chi connectivity index (χ1v) is 6.56. The highest BCUT2D eigenvalue weighted by Gasteiger charge is 2.48. The molecule has 1 N–H and O–H groups in total. The normalized spacial score (nSPS) is 30.1. The smallest absolute Gasteiger partial charge is 0.334 e. The molecule has 0 spiro atoms. The number of carboxylic acid groups (broad SMARTS) is 1. The van der Waals surface area contributed by atoms with Crippen LogP contribution in [0.15, 0.2) is 11.1 Å². The minimum absolute atomic E-state index is 0.0362. The summed E-state index contributed by atoms with van der Waals surface area (Å²) in [6.45, 7) is 6.33. The van der Waals surface area contributed by atoms with Crippen LogP contribution in [0.2, 0.25) is 0 Å². The third-order valence-electron chi connectivity index (χ3n) is 3.95. The van der Waals surface area contributed by atoms with Crippen LogP contribution in [0, 0.1) is 23.7 Å². The van der Waals surface area contributed by atoms with Crippen LogP contribution in [-0.2, 0) is 14.3 Å². The van der Waals surface area contributed by atoms with Crippen molar-refractivity contribution in [2.24, 2.45) is 23.7 Å². The van der Waals surface area contributed by atoms with Crippen molar-refractivity contribution in [1.82, 2.24) is 0 Å². The number of carbonyl (C=O) groups excluding carboxylic acids is 1. The molecule has 0 aromatic carbocycles. The van der Waals surface area contributed by atoms with Crippen molar-refractivity contribution >= 4 is 11.9 Å². The highest BCUT2D eigenvalue weighted by atomic mass is 16.5. The Balaban J connectivity index is 2.21. The van der Waals surface area contributed by atoms with Crippen molar-refractivity contribution in [3.8, 4) is 0 Å². The highest BCUT2D eigenvalue weighted by Crippen LogP contribution is 2.52. The largest absolute Gasteiger partial charge is 0.478 e. The van der Waals surface area contributed by atoms with Crippen LogP contribution in [0.3, 0.4) is 0 Å². The topological polar surface area (TPSA) is 63.6 Å². The van der Waals surface area contributed by atoms with Crippen LogP contribution in [0.1, 0.15) is 33.6 Å². The number of esters is 1. The fourth-order valence-corrected chi connectivity index (χ4v) is 3.18. The lowest BCUT2D eigenvalue weighted by atomic mass is 9.84. The second-order valence-corrected chi connectivity index (χ2v) is 5.88. The molecule has 0 radical (unpaired) electrons. The second kappa shape index (κ2) is 4.75. The van der Waals surface area contributed by atoms with Gasteiger partial charge in [0.1, 0.15) is 0 Å². The molecule has 0 aliphatic heterocycles. The minimum atomic E-state index is -0.953. The van der Waals surface area contributed by atoms with Gasteiger partial charge in [-0.1, -0.05) is 20.8 Å². The van der Waals surface area contributed by atoms with E-state index in [1.807, 2.05) is 13.8 Å². The maximum absolute atomic E-state index is 12.0. The van der Waals surface area contributed by atoms with Crippen molar-refractivity contribution in [1.29, 1.82) is 0 Å². The number of fused-ring (bicyclic) bond motifs is 2. The number of rotatable bonds is 4. The Morgan fingerprint density at radius 2 is 2.00 bits per heavy atom. The van der Waals surface area contributed by atoms with E-state index < -0.39 is 11.9 Å². The SMILES string of the molecule is CC(C)COC(=O)C1=C(C(=O)O)C2CC1CC2C. The number of hydrogen-bond acceptors (Lipinski definition) is 3. The van der Waals surface area contributed by atoms with Gasteiger partial charge in [-0.3, -0.25) is 0 Å². The predicted octanol–water partition coefficient (Wildman–Crippen LogP) is 2.24. The Hall–Kier alpha value is -1.32. The van der Waals surface area contributed by atoms with Crippen molar-refractivity contribution < 1.29 is 19.4 Å². The van der Waals surface area contributed by atoms with E-state index in [0.29, 0.717) is 23.7 Å². The second-order valence-electron chi connectivity index (χ2n) is 5.88. The molecule has 0 amide bonds. The Morgan fingerprint density at radius 3 is 2.56 bits per heavy atom. The Bertz CT molecular complexity index is 408. The third kappa shape index (κ3) is 2.16. The van der Waals surface area contributed by atoms with Crippen molar-refractivity contribution in [3.63, 3.8) is 0 Å². The van der Waals surface area contributed by atoms with E-state index in [4.69, 9.17) is 4.74 Å². The molecular weight excluding hydrogens is 232 g/mol. The van der Waals surface area contributed by atoms with E-state index in [9.17, 15) is 14.7 Å². The van der Waals surface area contributed by atoms with Crippen molar-refractivity contribution in [3.05, 3.63) is 11.1 Å². The van der Waals surface area contributed by atoms with Gasteiger partial charge in [0.25, 0.3) is 0 Å². The Morgan fingerprint density at radius 1 is 1.33 bits per heavy atom. The molecule has 0 aromatic heterocycles. The summed E-state index contributed by atoms with van der Waals surface area (Å²) >= 11 is 0. The summed E-state index contributed by atoms with van der Waals surface area (Å²) in [6, 6.07) is 0. The summed E-state index contributed by atoms with van der Waals surface area (Å²) in [6.07, 6.45) is 1.71. The summed E-state index contributed by atoms with van der Waals surface area (Å²) in [4.78, 5) is 23.3. The van der Waals surface area contributed by atoms with Crippen LogP contribution in [0.4, 0.5) is 0 Å². The van der Waals surface area contributed by atoms with Crippen LogP contribution in [-0.4, -0.2) is 23.7 Å². The van der Waals surface area contributed by atoms with Gasteiger partial charge in [-0.05, 0) is 36.5 Å². The molecule has 0 aromatic rings. The van der Waals surface area contributed by atoms with Crippen molar-refractivity contribution in [2.75, 3.05) is 6.61 Å². The van der Waals surface area contributed by atoms with E-state index in [0.717, 1.165) is 12.8 Å². The maximum Gasteiger partial charge on any atom is 0.334 e. The predicted molar refractivity (Wildman–Crippen MR) is 65.8 cm³/mol. The number of carbonyl (C=O) groups is 2. The Kier molecular flexibility index (Phi) is 3.46. The fraction of sp³-hybridized carbons (Fsp3) is 0.714. The monoisotopic (exact) mass is 252 g/mol. The van der Waals surface area contributed by atoms with Gasteiger partial charge in [0.2, 0.25) is 0 Å². The van der Waals surface area contributed by atoms with Gasteiger partial charge in [-0.25, -0.2) is 9.59 Å². The molecule has 3 unspecified atom stereocenters. The quantitative estimate of drug-likeness (QED) is 0.779. The van der Waals surface area contributed by atoms with Gasteiger partial charge in [-0.2, -0.15) is 0 Å². The summed E-state index contributed by atoms with van der Waals surface area (Å²) in [5.74, 6) is -0.612. The lowest BCUT2D eigenvalue weighted by Crippen LogP contribution is -2.23. The van der Waals surface area contributed by atoms with Crippen LogP contribution in [0.25, 0.3) is 0 Å². The van der Waals surface area contributed by atoms with Crippen LogP contribution in [0.5, 0.6) is 0 Å². The molecule has 2 rings (SSSR count). The van der Waals surface area contributed by atoms with Crippen LogP contribution >= 0.6 is 0 Å². The molecule has 4 nitrogen and oxygen atoms in total. The molecule has 3 atom stereocenters. The summed E-state index contributed by atoms with van der Waals surface area (Å²) < 4.78 is 5.20. The van der Waals surface area contributed by atoms with E-state index >= 15 is 0 Å². The first kappa shape index (κ1) is 13.1. The number of hydrogen-bond donors (Lipinski definition) is 1. The van der Waals surface area contributed by atoms with Crippen molar-refractivity contribution in [2.45, 2.75) is 33.6 Å². The summed E-state index contributed by atoms with van der Waals surface area (Å²) in [7, 11) is 0. The molecule has 1 saturated carbocycles. The van der Waals surface area contributed by atoms with E-state index in [-0.39, 0.29) is 17.8 Å². The van der Waals surface area contributed by atoms with E-state index in [2.05, 4.69) is 6.92 Å². The zero-order valence-corrected chi connectivity index (χ0v) is 11.1. The molecule has 2 bridgehead atoms. The fourth-order valence-electron chi connectivity index (χ4n) is 3.18. The zero-order valence-electron chi connectivity index (χ0n) is 11.1. The minimum Gasteiger partial charge on any atom is -0.478 e. The summed E-state index contributed by atoms with van der Waals surface area (Å²) in [5.41, 5.74) is 0.749. The molecule has 0 heterocycles.